The Hall–Kier alpha value is -1.85. The van der Waals surface area contributed by atoms with E-state index in [0.29, 0.717) is 6.42 Å². The molecule has 0 N–H and O–H groups in total. The lowest BCUT2D eigenvalue weighted by atomic mass is 9.84. The molecule has 2 aliphatic rings. The van der Waals surface area contributed by atoms with Crippen LogP contribution < -0.4 is 4.74 Å². The number of allylic oxidation sites excluding steroid dienone is 5. The van der Waals surface area contributed by atoms with Gasteiger partial charge < -0.3 is 9.47 Å². The summed E-state index contributed by atoms with van der Waals surface area (Å²) in [6, 6.07) is 8.06. The standard InChI is InChI=1S/C21H26O4S.CH4/c1-16-17(12-15-26(2,22)23)4-3-5-21(16)18-6-8-19(9-7-18)25-20-10-13-24-14-11-20;/h3-9,17,20H,1,10-15H2,2H3;1H4. The Bertz CT molecular complexity index is 797. The second-order valence-corrected chi connectivity index (χ2v) is 9.23. The molecule has 3 rings (SSSR count). The smallest absolute Gasteiger partial charge is 0.147 e. The minimum absolute atomic E-state index is 0. The molecule has 0 saturated carbocycles. The number of hydrogen-bond acceptors (Lipinski definition) is 4. The van der Waals surface area contributed by atoms with Gasteiger partial charge in [-0.2, -0.15) is 0 Å². The largest absolute Gasteiger partial charge is 0.490 e. The van der Waals surface area contributed by atoms with Crippen LogP contribution in [0.3, 0.4) is 0 Å². The molecule has 1 aliphatic heterocycles. The molecule has 1 unspecified atom stereocenters. The van der Waals surface area contributed by atoms with E-state index < -0.39 is 9.84 Å². The second kappa shape index (κ2) is 9.38. The highest BCUT2D eigenvalue weighted by atomic mass is 32.2. The summed E-state index contributed by atoms with van der Waals surface area (Å²) in [5.74, 6) is 1.10. The molecular weight excluding hydrogens is 360 g/mol. The number of hydrogen-bond donors (Lipinski definition) is 0. The van der Waals surface area contributed by atoms with Gasteiger partial charge in [-0.15, -0.1) is 0 Å². The van der Waals surface area contributed by atoms with E-state index in [1.54, 1.807) is 0 Å². The van der Waals surface area contributed by atoms with Crippen molar-refractivity contribution in [1.29, 1.82) is 0 Å². The predicted octanol–water partition coefficient (Wildman–Crippen LogP) is 4.44. The van der Waals surface area contributed by atoms with E-state index in [1.165, 1.54) is 6.26 Å². The Morgan fingerprint density at radius 3 is 2.48 bits per heavy atom. The first-order valence-corrected chi connectivity index (χ1v) is 11.1. The van der Waals surface area contributed by atoms with Crippen molar-refractivity contribution in [3.8, 4) is 5.75 Å². The molecule has 4 nitrogen and oxygen atoms in total. The van der Waals surface area contributed by atoms with Crippen molar-refractivity contribution in [1.82, 2.24) is 0 Å². The van der Waals surface area contributed by atoms with Gasteiger partial charge in [0.05, 0.1) is 19.0 Å². The van der Waals surface area contributed by atoms with Crippen LogP contribution in [0.2, 0.25) is 0 Å². The highest BCUT2D eigenvalue weighted by Crippen LogP contribution is 2.34. The van der Waals surface area contributed by atoms with Gasteiger partial charge in [-0.1, -0.05) is 44.4 Å². The molecule has 0 aromatic heterocycles. The lowest BCUT2D eigenvalue weighted by Crippen LogP contribution is -2.25. The zero-order valence-corrected chi connectivity index (χ0v) is 16.0. The second-order valence-electron chi connectivity index (χ2n) is 6.97. The van der Waals surface area contributed by atoms with E-state index in [2.05, 4.69) is 6.58 Å². The zero-order valence-electron chi connectivity index (χ0n) is 15.2. The van der Waals surface area contributed by atoms with E-state index in [-0.39, 0.29) is 25.2 Å². The van der Waals surface area contributed by atoms with Gasteiger partial charge >= 0.3 is 0 Å². The maximum atomic E-state index is 11.4. The van der Waals surface area contributed by atoms with Crippen LogP contribution in [-0.4, -0.2) is 39.7 Å². The van der Waals surface area contributed by atoms with Gasteiger partial charge in [-0.25, -0.2) is 8.42 Å². The first-order valence-electron chi connectivity index (χ1n) is 9.02. The summed E-state index contributed by atoms with van der Waals surface area (Å²) < 4.78 is 34.3. The molecular formula is C22H30O4S. The summed E-state index contributed by atoms with van der Waals surface area (Å²) in [7, 11) is -2.97. The van der Waals surface area contributed by atoms with Crippen LogP contribution in [0.25, 0.3) is 5.57 Å². The van der Waals surface area contributed by atoms with Crippen LogP contribution in [0.1, 0.15) is 32.3 Å². The lowest BCUT2D eigenvalue weighted by molar-refractivity contribution is 0.0256. The van der Waals surface area contributed by atoms with E-state index in [1.807, 2.05) is 42.5 Å². The fourth-order valence-electron chi connectivity index (χ4n) is 3.30. The number of rotatable bonds is 6. The average Bonchev–Trinajstić information content (AvgIpc) is 2.62. The van der Waals surface area contributed by atoms with Gasteiger partial charge in [0.25, 0.3) is 0 Å². The van der Waals surface area contributed by atoms with E-state index in [0.717, 1.165) is 48.5 Å². The third-order valence-electron chi connectivity index (χ3n) is 4.84. The number of benzene rings is 1. The van der Waals surface area contributed by atoms with Crippen molar-refractivity contribution >= 4 is 15.4 Å². The topological polar surface area (TPSA) is 52.6 Å². The first-order chi connectivity index (χ1) is 12.4. The Morgan fingerprint density at radius 1 is 1.19 bits per heavy atom. The van der Waals surface area contributed by atoms with Gasteiger partial charge in [0.2, 0.25) is 0 Å². The fraction of sp³-hybridized carbons (Fsp3) is 0.455. The molecule has 1 aromatic carbocycles. The summed E-state index contributed by atoms with van der Waals surface area (Å²) in [6.07, 6.45) is 9.97. The van der Waals surface area contributed by atoms with Gasteiger partial charge in [0.15, 0.2) is 0 Å². The van der Waals surface area contributed by atoms with Crippen LogP contribution in [0.5, 0.6) is 5.75 Å². The van der Waals surface area contributed by atoms with E-state index in [4.69, 9.17) is 9.47 Å². The lowest BCUT2D eigenvalue weighted by Gasteiger charge is -2.24. The van der Waals surface area contributed by atoms with Crippen LogP contribution in [0.15, 0.2) is 54.6 Å². The maximum Gasteiger partial charge on any atom is 0.147 e. The summed E-state index contributed by atoms with van der Waals surface area (Å²) in [6.45, 7) is 5.73. The van der Waals surface area contributed by atoms with Gasteiger partial charge in [0, 0.05) is 25.0 Å². The van der Waals surface area contributed by atoms with E-state index >= 15 is 0 Å². The Labute approximate surface area is 163 Å². The van der Waals surface area contributed by atoms with Crippen molar-refractivity contribution in [3.05, 3.63) is 60.2 Å². The first kappa shape index (κ1) is 21.5. The molecule has 148 valence electrons. The summed E-state index contributed by atoms with van der Waals surface area (Å²) in [5, 5.41) is 0. The Morgan fingerprint density at radius 2 is 1.85 bits per heavy atom. The molecule has 1 aliphatic carbocycles. The van der Waals surface area contributed by atoms with Crippen LogP contribution in [0, 0.1) is 5.92 Å². The molecule has 27 heavy (non-hydrogen) atoms. The predicted molar refractivity (Wildman–Crippen MR) is 112 cm³/mol. The molecule has 1 saturated heterocycles. The monoisotopic (exact) mass is 390 g/mol. The number of sulfone groups is 1. The minimum Gasteiger partial charge on any atom is -0.490 e. The average molecular weight is 391 g/mol. The third-order valence-corrected chi connectivity index (χ3v) is 5.81. The molecule has 0 bridgehead atoms. The molecule has 5 heteroatoms. The van der Waals surface area contributed by atoms with Gasteiger partial charge in [-0.3, -0.25) is 0 Å². The van der Waals surface area contributed by atoms with Crippen molar-refractivity contribution < 1.29 is 17.9 Å². The van der Waals surface area contributed by atoms with Crippen molar-refractivity contribution in [2.75, 3.05) is 25.2 Å². The van der Waals surface area contributed by atoms with Crippen LogP contribution in [-0.2, 0) is 14.6 Å². The van der Waals surface area contributed by atoms with E-state index in [9.17, 15) is 8.42 Å². The highest BCUT2D eigenvalue weighted by Gasteiger charge is 2.20. The molecule has 0 amide bonds. The third kappa shape index (κ3) is 6.08. The number of ether oxygens (including phenoxy) is 2. The summed E-state index contributed by atoms with van der Waals surface area (Å²) >= 11 is 0. The molecule has 0 radical (unpaired) electrons. The molecule has 1 heterocycles. The molecule has 0 spiro atoms. The summed E-state index contributed by atoms with van der Waals surface area (Å²) in [4.78, 5) is 0. The van der Waals surface area contributed by atoms with Gasteiger partial charge in [0.1, 0.15) is 21.7 Å². The summed E-state index contributed by atoms with van der Waals surface area (Å²) in [5.41, 5.74) is 3.10. The Balaban J connectivity index is 0.00000261. The zero-order chi connectivity index (χ0) is 18.6. The highest BCUT2D eigenvalue weighted by molar-refractivity contribution is 7.90. The normalized spacial score (nSPS) is 20.7. The Kier molecular flexibility index (Phi) is 7.45. The molecule has 1 aromatic rings. The van der Waals surface area contributed by atoms with Crippen LogP contribution >= 0.6 is 0 Å². The van der Waals surface area contributed by atoms with Gasteiger partial charge in [-0.05, 0) is 35.3 Å². The van der Waals surface area contributed by atoms with Crippen LogP contribution in [0.4, 0.5) is 0 Å². The van der Waals surface area contributed by atoms with Crippen molar-refractivity contribution in [3.63, 3.8) is 0 Å². The minimum atomic E-state index is -2.97. The van der Waals surface area contributed by atoms with Crippen molar-refractivity contribution in [2.24, 2.45) is 5.92 Å². The molecule has 1 atom stereocenters. The fourth-order valence-corrected chi connectivity index (χ4v) is 3.98. The molecule has 1 fully saturated rings. The maximum absolute atomic E-state index is 11.4. The SMILES string of the molecule is C.C=C1C(c2ccc(OC3CCOCC3)cc2)=CC=CC1CCS(C)(=O)=O. The quantitative estimate of drug-likeness (QED) is 0.720. The van der Waals surface area contributed by atoms with Crippen molar-refractivity contribution in [2.45, 2.75) is 32.8 Å².